The zero-order valence-corrected chi connectivity index (χ0v) is 10.9. The molecule has 1 aromatic heterocycles. The minimum atomic E-state index is -4.03. The summed E-state index contributed by atoms with van der Waals surface area (Å²) in [5.74, 6) is 0. The molecule has 0 fully saturated rings. The molecule has 1 nitrogen and oxygen atoms in total. The van der Waals surface area contributed by atoms with Crippen LogP contribution >= 0.6 is 11.3 Å². The molecule has 0 amide bonds. The first kappa shape index (κ1) is 14.5. The van der Waals surface area contributed by atoms with Gasteiger partial charge in [-0.3, -0.25) is 0 Å². The predicted molar refractivity (Wildman–Crippen MR) is 65.2 cm³/mol. The Morgan fingerprint density at radius 2 is 2.06 bits per heavy atom. The van der Waals surface area contributed by atoms with E-state index < -0.39 is 12.6 Å². The molecule has 17 heavy (non-hydrogen) atoms. The van der Waals surface area contributed by atoms with E-state index in [4.69, 9.17) is 0 Å². The lowest BCUT2D eigenvalue weighted by atomic mass is 10.1. The fourth-order valence-electron chi connectivity index (χ4n) is 1.74. The van der Waals surface area contributed by atoms with Crippen LogP contribution in [0.15, 0.2) is 16.8 Å². The van der Waals surface area contributed by atoms with Crippen molar-refractivity contribution in [3.05, 3.63) is 22.4 Å². The van der Waals surface area contributed by atoms with Gasteiger partial charge in [0.15, 0.2) is 0 Å². The van der Waals surface area contributed by atoms with Crippen LogP contribution in [0.25, 0.3) is 0 Å². The summed E-state index contributed by atoms with van der Waals surface area (Å²) in [6, 6.07) is 2.33. The van der Waals surface area contributed by atoms with Gasteiger partial charge >= 0.3 is 6.18 Å². The van der Waals surface area contributed by atoms with E-state index in [1.54, 1.807) is 11.3 Å². The zero-order chi connectivity index (χ0) is 12.9. The maximum absolute atomic E-state index is 12.0. The van der Waals surface area contributed by atoms with Gasteiger partial charge < -0.3 is 5.32 Å². The third-order valence-electron chi connectivity index (χ3n) is 2.68. The van der Waals surface area contributed by atoms with Gasteiger partial charge in [-0.1, -0.05) is 0 Å². The van der Waals surface area contributed by atoms with Crippen molar-refractivity contribution in [2.45, 2.75) is 51.4 Å². The topological polar surface area (TPSA) is 12.0 Å². The summed E-state index contributed by atoms with van der Waals surface area (Å²) in [5, 5.41) is 7.37. The molecule has 0 bridgehead atoms. The van der Waals surface area contributed by atoms with Crippen LogP contribution in [-0.2, 0) is 0 Å². The lowest BCUT2D eigenvalue weighted by Crippen LogP contribution is -2.29. The zero-order valence-electron chi connectivity index (χ0n) is 10.1. The summed E-state index contributed by atoms with van der Waals surface area (Å²) < 4.78 is 35.9. The maximum atomic E-state index is 12.0. The van der Waals surface area contributed by atoms with Crippen LogP contribution in [0.2, 0.25) is 0 Å². The molecule has 5 heteroatoms. The second-order valence-electron chi connectivity index (χ2n) is 4.35. The number of nitrogens with one attached hydrogen (secondary N) is 1. The molecule has 2 atom stereocenters. The standard InChI is InChI=1S/C12H18F3NS/c1-9(4-3-6-12(13,14)15)16-10(2)11-5-7-17-8-11/h5,7-10,16H,3-4,6H2,1-2H3. The second kappa shape index (κ2) is 6.40. The molecule has 1 N–H and O–H groups in total. The molecule has 0 saturated heterocycles. The average Bonchev–Trinajstić information content (AvgIpc) is 2.67. The van der Waals surface area contributed by atoms with E-state index in [0.717, 1.165) is 0 Å². The first-order chi connectivity index (χ1) is 7.88. The van der Waals surface area contributed by atoms with E-state index in [1.807, 2.05) is 25.3 Å². The summed E-state index contributed by atoms with van der Waals surface area (Å²) in [6.45, 7) is 3.96. The van der Waals surface area contributed by atoms with Crippen LogP contribution in [0.1, 0.15) is 44.7 Å². The fourth-order valence-corrected chi connectivity index (χ4v) is 2.49. The Balaban J connectivity index is 2.23. The van der Waals surface area contributed by atoms with Gasteiger partial charge in [0.2, 0.25) is 0 Å². The molecule has 1 aromatic rings. The van der Waals surface area contributed by atoms with Crippen molar-refractivity contribution in [2.75, 3.05) is 0 Å². The van der Waals surface area contributed by atoms with Crippen molar-refractivity contribution in [1.29, 1.82) is 0 Å². The Kier molecular flexibility index (Phi) is 5.46. The summed E-state index contributed by atoms with van der Waals surface area (Å²) in [7, 11) is 0. The van der Waals surface area contributed by atoms with Crippen LogP contribution in [0.3, 0.4) is 0 Å². The average molecular weight is 265 g/mol. The number of alkyl halides is 3. The normalized spacial score (nSPS) is 15.8. The third-order valence-corrected chi connectivity index (χ3v) is 3.38. The van der Waals surface area contributed by atoms with Crippen molar-refractivity contribution < 1.29 is 13.2 Å². The summed E-state index contributed by atoms with van der Waals surface area (Å²) in [6.07, 6.45) is -3.98. The van der Waals surface area contributed by atoms with Crippen LogP contribution in [-0.4, -0.2) is 12.2 Å². The summed E-state index contributed by atoms with van der Waals surface area (Å²) in [4.78, 5) is 0. The van der Waals surface area contributed by atoms with Crippen molar-refractivity contribution in [2.24, 2.45) is 0 Å². The van der Waals surface area contributed by atoms with E-state index in [-0.39, 0.29) is 18.5 Å². The van der Waals surface area contributed by atoms with Crippen LogP contribution in [0.4, 0.5) is 13.2 Å². The number of hydrogen-bond acceptors (Lipinski definition) is 2. The van der Waals surface area contributed by atoms with Gasteiger partial charge in [0.1, 0.15) is 0 Å². The van der Waals surface area contributed by atoms with Gasteiger partial charge in [-0.05, 0) is 49.1 Å². The SMILES string of the molecule is CC(CCCC(F)(F)F)NC(C)c1ccsc1. The lowest BCUT2D eigenvalue weighted by molar-refractivity contribution is -0.135. The number of thiophene rings is 1. The smallest absolute Gasteiger partial charge is 0.308 e. The maximum Gasteiger partial charge on any atom is 0.389 e. The second-order valence-corrected chi connectivity index (χ2v) is 5.13. The Labute approximate surface area is 104 Å². The first-order valence-corrected chi connectivity index (χ1v) is 6.67. The van der Waals surface area contributed by atoms with E-state index in [9.17, 15) is 13.2 Å². The van der Waals surface area contributed by atoms with E-state index in [2.05, 4.69) is 10.7 Å². The quantitative estimate of drug-likeness (QED) is 0.797. The monoisotopic (exact) mass is 265 g/mol. The van der Waals surface area contributed by atoms with Crippen molar-refractivity contribution >= 4 is 11.3 Å². The van der Waals surface area contributed by atoms with Crippen molar-refractivity contribution in [3.8, 4) is 0 Å². The minimum Gasteiger partial charge on any atom is -0.308 e. The Hall–Kier alpha value is -0.550. The fraction of sp³-hybridized carbons (Fsp3) is 0.667. The Bertz CT molecular complexity index is 308. The van der Waals surface area contributed by atoms with Crippen LogP contribution in [0, 0.1) is 0 Å². The van der Waals surface area contributed by atoms with Crippen molar-refractivity contribution in [3.63, 3.8) is 0 Å². The molecule has 0 saturated carbocycles. The highest BCUT2D eigenvalue weighted by Crippen LogP contribution is 2.23. The molecule has 0 radical (unpaired) electrons. The summed E-state index contributed by atoms with van der Waals surface area (Å²) >= 11 is 1.63. The molecule has 0 aliphatic carbocycles. The Morgan fingerprint density at radius 3 is 2.59 bits per heavy atom. The van der Waals surface area contributed by atoms with Gasteiger partial charge in [0, 0.05) is 18.5 Å². The number of rotatable bonds is 6. The molecule has 0 aliphatic rings. The molecule has 0 spiro atoms. The minimum absolute atomic E-state index is 0.104. The lowest BCUT2D eigenvalue weighted by Gasteiger charge is -2.19. The highest BCUT2D eigenvalue weighted by molar-refractivity contribution is 7.07. The molecule has 2 unspecified atom stereocenters. The Morgan fingerprint density at radius 1 is 1.35 bits per heavy atom. The van der Waals surface area contributed by atoms with Gasteiger partial charge in [0.05, 0.1) is 0 Å². The van der Waals surface area contributed by atoms with Gasteiger partial charge in [-0.15, -0.1) is 0 Å². The van der Waals surface area contributed by atoms with Gasteiger partial charge in [0.25, 0.3) is 0 Å². The molecule has 0 aliphatic heterocycles. The molecular formula is C12H18F3NS. The summed E-state index contributed by atoms with van der Waals surface area (Å²) in [5.41, 5.74) is 1.19. The van der Waals surface area contributed by atoms with Gasteiger partial charge in [-0.2, -0.15) is 24.5 Å². The molecule has 1 heterocycles. The predicted octanol–water partition coefficient (Wildman–Crippen LogP) is 4.52. The molecule has 98 valence electrons. The molecule has 1 rings (SSSR count). The van der Waals surface area contributed by atoms with Crippen molar-refractivity contribution in [1.82, 2.24) is 5.32 Å². The van der Waals surface area contributed by atoms with E-state index in [0.29, 0.717) is 6.42 Å². The highest BCUT2D eigenvalue weighted by Gasteiger charge is 2.26. The number of halogens is 3. The van der Waals surface area contributed by atoms with Crippen LogP contribution in [0.5, 0.6) is 0 Å². The van der Waals surface area contributed by atoms with Gasteiger partial charge in [-0.25, -0.2) is 0 Å². The third kappa shape index (κ3) is 6.07. The van der Waals surface area contributed by atoms with E-state index in [1.165, 1.54) is 5.56 Å². The van der Waals surface area contributed by atoms with E-state index >= 15 is 0 Å². The largest absolute Gasteiger partial charge is 0.389 e. The molecular weight excluding hydrogens is 247 g/mol. The van der Waals surface area contributed by atoms with Crippen LogP contribution < -0.4 is 5.32 Å². The highest BCUT2D eigenvalue weighted by atomic mass is 32.1. The molecule has 0 aromatic carbocycles. The number of hydrogen-bond donors (Lipinski definition) is 1. The first-order valence-electron chi connectivity index (χ1n) is 5.73.